The number of alkyl halides is 3. The highest BCUT2D eigenvalue weighted by atomic mass is 19.4. The molecule has 1 aromatic heterocycles. The van der Waals surface area contributed by atoms with Gasteiger partial charge in [0.1, 0.15) is 5.69 Å². The van der Waals surface area contributed by atoms with Crippen LogP contribution in [0.15, 0.2) is 48.8 Å². The van der Waals surface area contributed by atoms with Gasteiger partial charge < -0.3 is 10.4 Å². The zero-order valence-electron chi connectivity index (χ0n) is 12.9. The van der Waals surface area contributed by atoms with E-state index in [2.05, 4.69) is 15.3 Å². The van der Waals surface area contributed by atoms with E-state index in [0.29, 0.717) is 0 Å². The molecular weight excluding hydrogens is 357 g/mol. The van der Waals surface area contributed by atoms with E-state index in [4.69, 9.17) is 0 Å². The van der Waals surface area contributed by atoms with Gasteiger partial charge in [-0.2, -0.15) is 13.2 Å². The second-order valence-corrected chi connectivity index (χ2v) is 5.24. The third kappa shape index (κ3) is 3.56. The van der Waals surface area contributed by atoms with Crippen molar-refractivity contribution in [1.82, 2.24) is 9.97 Å². The SMILES string of the molecule is Oc1c(F)cc(-c2nccnc2Nc2ccc(C(F)(F)F)cc2)cc1F. The fraction of sp³-hybridized carbons (Fsp3) is 0.0588. The van der Waals surface area contributed by atoms with E-state index >= 15 is 0 Å². The lowest BCUT2D eigenvalue weighted by molar-refractivity contribution is -0.137. The zero-order chi connectivity index (χ0) is 18.9. The third-order valence-corrected chi connectivity index (χ3v) is 3.46. The highest BCUT2D eigenvalue weighted by Gasteiger charge is 2.30. The summed E-state index contributed by atoms with van der Waals surface area (Å²) in [5, 5.41) is 11.9. The molecule has 3 aromatic rings. The number of benzene rings is 2. The van der Waals surface area contributed by atoms with Gasteiger partial charge >= 0.3 is 6.18 Å². The molecule has 2 N–H and O–H groups in total. The Morgan fingerprint density at radius 1 is 0.885 bits per heavy atom. The van der Waals surface area contributed by atoms with E-state index in [-0.39, 0.29) is 22.8 Å². The number of phenolic OH excluding ortho intramolecular Hbond substituents is 1. The Morgan fingerprint density at radius 2 is 1.46 bits per heavy atom. The number of aromatic nitrogens is 2. The van der Waals surface area contributed by atoms with Crippen LogP contribution in [0, 0.1) is 11.6 Å². The summed E-state index contributed by atoms with van der Waals surface area (Å²) in [5.41, 5.74) is -0.477. The largest absolute Gasteiger partial charge is 0.503 e. The molecule has 9 heteroatoms. The van der Waals surface area contributed by atoms with E-state index in [1.165, 1.54) is 24.5 Å². The van der Waals surface area contributed by atoms with Gasteiger partial charge in [0.25, 0.3) is 0 Å². The van der Waals surface area contributed by atoms with Crippen LogP contribution in [0.2, 0.25) is 0 Å². The molecular formula is C17H10F5N3O. The molecule has 0 spiro atoms. The van der Waals surface area contributed by atoms with Crippen molar-refractivity contribution in [3.8, 4) is 17.0 Å². The average molecular weight is 367 g/mol. The molecule has 0 aliphatic rings. The number of hydrogen-bond donors (Lipinski definition) is 2. The molecule has 0 fully saturated rings. The molecule has 2 aromatic carbocycles. The summed E-state index contributed by atoms with van der Waals surface area (Å²) < 4.78 is 65.0. The first-order chi connectivity index (χ1) is 12.3. The molecule has 134 valence electrons. The molecule has 0 saturated heterocycles. The number of hydrogen-bond acceptors (Lipinski definition) is 4. The van der Waals surface area contributed by atoms with Crippen LogP contribution in [-0.4, -0.2) is 15.1 Å². The molecule has 3 rings (SSSR count). The van der Waals surface area contributed by atoms with Crippen molar-refractivity contribution in [3.05, 3.63) is 66.0 Å². The quantitative estimate of drug-likeness (QED) is 0.647. The lowest BCUT2D eigenvalue weighted by Gasteiger charge is -2.12. The molecule has 0 atom stereocenters. The normalized spacial score (nSPS) is 11.4. The first-order valence-corrected chi connectivity index (χ1v) is 7.19. The van der Waals surface area contributed by atoms with E-state index in [9.17, 15) is 27.1 Å². The van der Waals surface area contributed by atoms with Gasteiger partial charge in [-0.05, 0) is 36.4 Å². The number of anilines is 2. The van der Waals surface area contributed by atoms with Gasteiger partial charge in [0.15, 0.2) is 23.2 Å². The highest BCUT2D eigenvalue weighted by molar-refractivity contribution is 5.75. The van der Waals surface area contributed by atoms with Crippen LogP contribution in [0.25, 0.3) is 11.3 Å². The van der Waals surface area contributed by atoms with Crippen molar-refractivity contribution < 1.29 is 27.1 Å². The van der Waals surface area contributed by atoms with Crippen LogP contribution in [0.3, 0.4) is 0 Å². The molecule has 0 aliphatic carbocycles. The molecule has 0 amide bonds. The maximum atomic E-state index is 13.6. The number of halogens is 5. The van der Waals surface area contributed by atoms with Gasteiger partial charge in [-0.15, -0.1) is 0 Å². The standard InChI is InChI=1S/C17H10F5N3O/c18-12-7-9(8-13(19)15(12)26)14-16(24-6-5-23-14)25-11-3-1-10(2-4-11)17(20,21)22/h1-8,26H,(H,24,25). The monoisotopic (exact) mass is 367 g/mol. The Labute approximate surface area is 144 Å². The highest BCUT2D eigenvalue weighted by Crippen LogP contribution is 2.33. The van der Waals surface area contributed by atoms with E-state index in [0.717, 1.165) is 24.3 Å². The summed E-state index contributed by atoms with van der Waals surface area (Å²) >= 11 is 0. The van der Waals surface area contributed by atoms with Crippen LogP contribution in [-0.2, 0) is 6.18 Å². The van der Waals surface area contributed by atoms with Crippen LogP contribution in [0.5, 0.6) is 5.75 Å². The fourth-order valence-corrected chi connectivity index (χ4v) is 2.22. The predicted molar refractivity (Wildman–Crippen MR) is 83.8 cm³/mol. The molecule has 0 saturated carbocycles. The Balaban J connectivity index is 1.96. The first-order valence-electron chi connectivity index (χ1n) is 7.19. The summed E-state index contributed by atoms with van der Waals surface area (Å²) in [5.74, 6) is -3.39. The van der Waals surface area contributed by atoms with Crippen molar-refractivity contribution in [3.63, 3.8) is 0 Å². The average Bonchev–Trinajstić information content (AvgIpc) is 2.59. The Hall–Kier alpha value is -3.23. The van der Waals surface area contributed by atoms with Gasteiger partial charge in [-0.3, -0.25) is 4.98 Å². The number of nitrogens with zero attached hydrogens (tertiary/aromatic N) is 2. The minimum Gasteiger partial charge on any atom is -0.503 e. The zero-order valence-corrected chi connectivity index (χ0v) is 12.9. The maximum Gasteiger partial charge on any atom is 0.416 e. The Bertz CT molecular complexity index is 919. The number of nitrogens with one attached hydrogen (secondary N) is 1. The van der Waals surface area contributed by atoms with Gasteiger partial charge in [-0.25, -0.2) is 13.8 Å². The number of aromatic hydroxyl groups is 1. The Morgan fingerprint density at radius 3 is 2.04 bits per heavy atom. The summed E-state index contributed by atoms with van der Waals surface area (Å²) in [6.07, 6.45) is -1.86. The predicted octanol–water partition coefficient (Wildman–Crippen LogP) is 4.89. The van der Waals surface area contributed by atoms with Crippen LogP contribution >= 0.6 is 0 Å². The van der Waals surface area contributed by atoms with Crippen molar-refractivity contribution in [2.75, 3.05) is 5.32 Å². The summed E-state index contributed by atoms with van der Waals surface area (Å²) in [6, 6.07) is 5.91. The van der Waals surface area contributed by atoms with E-state index in [1.54, 1.807) is 0 Å². The molecule has 0 unspecified atom stereocenters. The molecule has 26 heavy (non-hydrogen) atoms. The fourth-order valence-electron chi connectivity index (χ4n) is 2.22. The number of phenols is 1. The van der Waals surface area contributed by atoms with Crippen molar-refractivity contribution >= 4 is 11.5 Å². The van der Waals surface area contributed by atoms with Gasteiger partial charge in [-0.1, -0.05) is 0 Å². The van der Waals surface area contributed by atoms with E-state index in [1.807, 2.05) is 0 Å². The second kappa shape index (κ2) is 6.58. The van der Waals surface area contributed by atoms with Gasteiger partial charge in [0.2, 0.25) is 0 Å². The molecule has 1 heterocycles. The summed E-state index contributed by atoms with van der Waals surface area (Å²) in [6.45, 7) is 0. The van der Waals surface area contributed by atoms with Gasteiger partial charge in [0.05, 0.1) is 5.56 Å². The van der Waals surface area contributed by atoms with Crippen LogP contribution < -0.4 is 5.32 Å². The van der Waals surface area contributed by atoms with Crippen LogP contribution in [0.4, 0.5) is 33.5 Å². The van der Waals surface area contributed by atoms with Crippen molar-refractivity contribution in [2.24, 2.45) is 0 Å². The lowest BCUT2D eigenvalue weighted by atomic mass is 10.1. The minimum atomic E-state index is -4.46. The second-order valence-electron chi connectivity index (χ2n) is 5.24. The molecule has 4 nitrogen and oxygen atoms in total. The van der Waals surface area contributed by atoms with Crippen LogP contribution in [0.1, 0.15) is 5.56 Å². The van der Waals surface area contributed by atoms with Gasteiger partial charge in [0, 0.05) is 23.6 Å². The number of rotatable bonds is 3. The Kier molecular flexibility index (Phi) is 4.45. The summed E-state index contributed by atoms with van der Waals surface area (Å²) in [4.78, 5) is 7.99. The first kappa shape index (κ1) is 17.6. The topological polar surface area (TPSA) is 58.0 Å². The maximum absolute atomic E-state index is 13.6. The van der Waals surface area contributed by atoms with Crippen molar-refractivity contribution in [2.45, 2.75) is 6.18 Å². The molecule has 0 radical (unpaired) electrons. The van der Waals surface area contributed by atoms with Crippen molar-refractivity contribution in [1.29, 1.82) is 0 Å². The smallest absolute Gasteiger partial charge is 0.416 e. The minimum absolute atomic E-state index is 0.000289. The summed E-state index contributed by atoms with van der Waals surface area (Å²) in [7, 11) is 0. The molecule has 0 aliphatic heterocycles. The molecule has 0 bridgehead atoms. The third-order valence-electron chi connectivity index (χ3n) is 3.46. The van der Waals surface area contributed by atoms with E-state index < -0.39 is 29.1 Å². The lowest BCUT2D eigenvalue weighted by Crippen LogP contribution is -2.05.